The number of nitrogens with zero attached hydrogens (tertiary/aromatic N) is 4. The number of halogens is 4. The maximum Gasteiger partial charge on any atom is 0.420 e. The van der Waals surface area contributed by atoms with Crippen molar-refractivity contribution >= 4 is 16.0 Å². The van der Waals surface area contributed by atoms with Crippen LogP contribution in [0.1, 0.15) is 23.6 Å². The number of nitrogens with two attached hydrogens (primary N) is 1. The van der Waals surface area contributed by atoms with E-state index in [4.69, 9.17) is 5.73 Å². The molecule has 2 aromatic rings. The summed E-state index contributed by atoms with van der Waals surface area (Å²) in [5, 5.41) is 0. The van der Waals surface area contributed by atoms with Crippen molar-refractivity contribution < 1.29 is 26.0 Å². The lowest BCUT2D eigenvalue weighted by atomic mass is 9.88. The van der Waals surface area contributed by atoms with Crippen molar-refractivity contribution in [3.8, 4) is 11.4 Å². The summed E-state index contributed by atoms with van der Waals surface area (Å²) in [6.07, 6.45) is -3.69. The van der Waals surface area contributed by atoms with E-state index in [1.165, 1.54) is 6.33 Å². The first kappa shape index (κ1) is 19.5. The van der Waals surface area contributed by atoms with Crippen molar-refractivity contribution in [2.24, 2.45) is 0 Å². The van der Waals surface area contributed by atoms with E-state index in [0.29, 0.717) is 0 Å². The molecule has 3 heterocycles. The molecule has 0 unspecified atom stereocenters. The molecule has 1 aliphatic rings. The lowest BCUT2D eigenvalue weighted by Crippen LogP contribution is -2.44. The Labute approximate surface area is 151 Å². The average Bonchev–Trinajstić information content (AvgIpc) is 3.06. The third-order valence-corrected chi connectivity index (χ3v) is 5.59. The van der Waals surface area contributed by atoms with Gasteiger partial charge in [-0.15, -0.1) is 0 Å². The Hall–Kier alpha value is -2.28. The molecule has 1 saturated heterocycles. The number of nitrogens with one attached hydrogen (secondary N) is 1. The molecular weight excluding hydrogens is 392 g/mol. The Balaban J connectivity index is 2.11. The summed E-state index contributed by atoms with van der Waals surface area (Å²) >= 11 is 0. The van der Waals surface area contributed by atoms with Crippen LogP contribution >= 0.6 is 0 Å². The van der Waals surface area contributed by atoms with Crippen LogP contribution in [-0.4, -0.2) is 58.2 Å². The Morgan fingerprint density at radius 1 is 1.33 bits per heavy atom. The van der Waals surface area contributed by atoms with E-state index >= 15 is 0 Å². The number of hydrogen-bond donors (Lipinski definition) is 2. The molecule has 27 heavy (non-hydrogen) atoms. The molecule has 0 amide bonds. The number of imidazole rings is 1. The topological polar surface area (TPSA) is 118 Å². The number of sulfonamides is 1. The second kappa shape index (κ2) is 6.71. The number of H-pyrrole nitrogens is 1. The molecule has 13 heteroatoms. The lowest BCUT2D eigenvalue weighted by molar-refractivity contribution is -0.138. The Morgan fingerprint density at radius 2 is 2.04 bits per heavy atom. The normalized spacial score (nSPS) is 22.1. The Kier molecular flexibility index (Phi) is 4.84. The third kappa shape index (κ3) is 3.88. The van der Waals surface area contributed by atoms with Gasteiger partial charge in [0.05, 0.1) is 30.2 Å². The number of aromatic amines is 1. The molecular formula is C14H16F4N6O2S. The molecule has 0 radical (unpaired) electrons. The van der Waals surface area contributed by atoms with Gasteiger partial charge in [0, 0.05) is 19.0 Å². The maximum absolute atomic E-state index is 14.7. The molecule has 2 atom stereocenters. The quantitative estimate of drug-likeness (QED) is 0.744. The minimum atomic E-state index is -4.88. The highest BCUT2D eigenvalue weighted by Crippen LogP contribution is 2.43. The summed E-state index contributed by atoms with van der Waals surface area (Å²) in [4.78, 5) is 13.5. The van der Waals surface area contributed by atoms with E-state index in [0.717, 1.165) is 16.8 Å². The number of rotatable bonds is 3. The van der Waals surface area contributed by atoms with Crippen molar-refractivity contribution in [2.45, 2.75) is 24.7 Å². The van der Waals surface area contributed by atoms with E-state index in [-0.39, 0.29) is 18.7 Å². The minimum Gasteiger partial charge on any atom is -0.368 e. The fourth-order valence-corrected chi connectivity index (χ4v) is 3.96. The zero-order chi connectivity index (χ0) is 20.0. The van der Waals surface area contributed by atoms with Crippen LogP contribution in [-0.2, 0) is 16.2 Å². The van der Waals surface area contributed by atoms with Gasteiger partial charge in [0.2, 0.25) is 16.0 Å². The highest BCUT2D eigenvalue weighted by molar-refractivity contribution is 7.88. The van der Waals surface area contributed by atoms with Crippen molar-refractivity contribution in [1.82, 2.24) is 24.2 Å². The molecule has 0 saturated carbocycles. The van der Waals surface area contributed by atoms with Crippen molar-refractivity contribution in [3.63, 3.8) is 0 Å². The molecule has 3 rings (SSSR count). The minimum absolute atomic E-state index is 0.0401. The average molecular weight is 408 g/mol. The van der Waals surface area contributed by atoms with Gasteiger partial charge in [0.25, 0.3) is 0 Å². The van der Waals surface area contributed by atoms with Crippen molar-refractivity contribution in [2.75, 3.05) is 25.1 Å². The molecule has 1 fully saturated rings. The second-order valence-electron chi connectivity index (χ2n) is 6.19. The van der Waals surface area contributed by atoms with Crippen LogP contribution in [0.5, 0.6) is 0 Å². The highest BCUT2D eigenvalue weighted by atomic mass is 32.2. The van der Waals surface area contributed by atoms with Crippen LogP contribution in [0.15, 0.2) is 12.5 Å². The first-order valence-electron chi connectivity index (χ1n) is 7.81. The van der Waals surface area contributed by atoms with Gasteiger partial charge in [0.15, 0.2) is 0 Å². The predicted octanol–water partition coefficient (Wildman–Crippen LogP) is 1.55. The summed E-state index contributed by atoms with van der Waals surface area (Å²) < 4.78 is 80.1. The Morgan fingerprint density at radius 3 is 2.56 bits per heavy atom. The monoisotopic (exact) mass is 408 g/mol. The summed E-state index contributed by atoms with van der Waals surface area (Å²) in [7, 11) is -3.65. The molecule has 0 aliphatic carbocycles. The van der Waals surface area contributed by atoms with Gasteiger partial charge in [-0.3, -0.25) is 0 Å². The first-order chi connectivity index (χ1) is 12.5. The Bertz CT molecular complexity index is 932. The van der Waals surface area contributed by atoms with Crippen LogP contribution in [0.4, 0.5) is 23.5 Å². The van der Waals surface area contributed by atoms with Crippen LogP contribution < -0.4 is 5.73 Å². The zero-order valence-corrected chi connectivity index (χ0v) is 14.9. The number of piperidine rings is 1. The fraction of sp³-hybridized carbons (Fsp3) is 0.500. The number of nitrogen functional groups attached to an aromatic ring is 1. The molecule has 3 N–H and O–H groups in total. The number of hydrogen-bond acceptors (Lipinski definition) is 6. The van der Waals surface area contributed by atoms with E-state index in [9.17, 15) is 26.0 Å². The molecule has 8 nitrogen and oxygen atoms in total. The van der Waals surface area contributed by atoms with Crippen LogP contribution in [0.3, 0.4) is 0 Å². The van der Waals surface area contributed by atoms with Gasteiger partial charge < -0.3 is 10.7 Å². The van der Waals surface area contributed by atoms with Crippen LogP contribution in [0.2, 0.25) is 0 Å². The van der Waals surface area contributed by atoms with Crippen molar-refractivity contribution in [3.05, 3.63) is 23.8 Å². The largest absolute Gasteiger partial charge is 0.420 e. The number of anilines is 1. The summed E-state index contributed by atoms with van der Waals surface area (Å²) in [5.41, 5.74) is 3.22. The molecule has 1 aliphatic heterocycles. The van der Waals surface area contributed by atoms with Gasteiger partial charge in [-0.2, -0.15) is 17.5 Å². The van der Waals surface area contributed by atoms with Gasteiger partial charge >= 0.3 is 6.18 Å². The first-order valence-corrected chi connectivity index (χ1v) is 9.66. The zero-order valence-electron chi connectivity index (χ0n) is 14.0. The van der Waals surface area contributed by atoms with E-state index in [1.807, 2.05) is 0 Å². The van der Waals surface area contributed by atoms with Gasteiger partial charge in [-0.05, 0) is 6.42 Å². The fourth-order valence-electron chi connectivity index (χ4n) is 3.11. The lowest BCUT2D eigenvalue weighted by Gasteiger charge is -2.34. The van der Waals surface area contributed by atoms with Gasteiger partial charge in [-0.1, -0.05) is 0 Å². The second-order valence-corrected chi connectivity index (χ2v) is 8.17. The van der Waals surface area contributed by atoms with E-state index < -0.39 is 57.7 Å². The van der Waals surface area contributed by atoms with E-state index in [2.05, 4.69) is 19.9 Å². The van der Waals surface area contributed by atoms with Crippen LogP contribution in [0.25, 0.3) is 11.4 Å². The number of alkyl halides is 4. The summed E-state index contributed by atoms with van der Waals surface area (Å²) in [6.45, 7) is -0.672. The maximum atomic E-state index is 14.7. The smallest absolute Gasteiger partial charge is 0.368 e. The van der Waals surface area contributed by atoms with Crippen LogP contribution in [0, 0.1) is 0 Å². The summed E-state index contributed by atoms with van der Waals surface area (Å²) in [6, 6.07) is 0. The predicted molar refractivity (Wildman–Crippen MR) is 87.7 cm³/mol. The third-order valence-electron chi connectivity index (χ3n) is 4.32. The summed E-state index contributed by atoms with van der Waals surface area (Å²) in [5.74, 6) is -1.72. The standard InChI is InChI=1S/C14H16F4N6O2S/c1-27(25,26)24-3-2-7(8(15)5-24)11-10(14(16,17)18)12(23-13(19)22-11)9-4-20-6-21-9/h4,6-8H,2-3,5H2,1H3,(H,20,21)(H2,19,22,23)/t7-,8+/m1/s1. The molecule has 0 spiro atoms. The SMILES string of the molecule is CS(=O)(=O)N1CC[C@@H](c2nc(N)nc(-c3cnc[nH]3)c2C(F)(F)F)[C@@H](F)C1. The van der Waals surface area contributed by atoms with Crippen molar-refractivity contribution in [1.29, 1.82) is 0 Å². The molecule has 0 bridgehead atoms. The van der Waals surface area contributed by atoms with E-state index in [1.54, 1.807) is 0 Å². The van der Waals surface area contributed by atoms with Gasteiger partial charge in [-0.25, -0.2) is 27.8 Å². The molecule has 2 aromatic heterocycles. The molecule has 148 valence electrons. The molecule has 0 aromatic carbocycles. The highest BCUT2D eigenvalue weighted by Gasteiger charge is 2.44. The van der Waals surface area contributed by atoms with Gasteiger partial charge in [0.1, 0.15) is 17.4 Å². The number of aromatic nitrogens is 4.